The molecule has 1 unspecified atom stereocenters. The lowest BCUT2D eigenvalue weighted by Crippen LogP contribution is -2.43. The fraction of sp³-hybridized carbons (Fsp3) is 0.364. The van der Waals surface area contributed by atoms with Gasteiger partial charge < -0.3 is 15.5 Å². The summed E-state index contributed by atoms with van der Waals surface area (Å²) in [6.07, 6.45) is 4.06. The van der Waals surface area contributed by atoms with Gasteiger partial charge in [0.15, 0.2) is 0 Å². The van der Waals surface area contributed by atoms with E-state index < -0.39 is 5.91 Å². The monoisotopic (exact) mass is 394 g/mol. The number of benzene rings is 1. The Balaban J connectivity index is 1.70. The SMILES string of the molecule is CCC1CCCCN1C(=O)c1cccc(C(=O)Nc2ccc(NC(C)=O)cc2)n1. The zero-order valence-electron chi connectivity index (χ0n) is 16.8. The molecular weight excluding hydrogens is 368 g/mol. The zero-order valence-corrected chi connectivity index (χ0v) is 16.8. The average Bonchev–Trinajstić information content (AvgIpc) is 2.74. The average molecular weight is 394 g/mol. The number of amides is 3. The van der Waals surface area contributed by atoms with E-state index in [9.17, 15) is 14.4 Å². The van der Waals surface area contributed by atoms with Crippen molar-refractivity contribution < 1.29 is 14.4 Å². The van der Waals surface area contributed by atoms with E-state index in [1.165, 1.54) is 6.92 Å². The highest BCUT2D eigenvalue weighted by Gasteiger charge is 2.27. The summed E-state index contributed by atoms with van der Waals surface area (Å²) in [5.74, 6) is -0.671. The molecule has 0 bridgehead atoms. The molecule has 2 aromatic rings. The van der Waals surface area contributed by atoms with E-state index in [1.54, 1.807) is 42.5 Å². The number of anilines is 2. The van der Waals surface area contributed by atoms with Crippen LogP contribution in [0.15, 0.2) is 42.5 Å². The van der Waals surface area contributed by atoms with Gasteiger partial charge in [0.05, 0.1) is 0 Å². The van der Waals surface area contributed by atoms with Crippen LogP contribution in [0.4, 0.5) is 11.4 Å². The van der Waals surface area contributed by atoms with Crippen molar-refractivity contribution >= 4 is 29.1 Å². The number of likely N-dealkylation sites (tertiary alicyclic amines) is 1. The Labute approximate surface area is 170 Å². The molecular formula is C22H26N4O3. The van der Waals surface area contributed by atoms with E-state index in [1.807, 2.05) is 4.90 Å². The third-order valence-electron chi connectivity index (χ3n) is 5.02. The molecule has 1 atom stereocenters. The van der Waals surface area contributed by atoms with Crippen LogP contribution >= 0.6 is 0 Å². The molecule has 7 heteroatoms. The third-order valence-corrected chi connectivity index (χ3v) is 5.02. The molecule has 152 valence electrons. The largest absolute Gasteiger partial charge is 0.334 e. The van der Waals surface area contributed by atoms with Gasteiger partial charge in [-0.25, -0.2) is 4.98 Å². The minimum Gasteiger partial charge on any atom is -0.334 e. The predicted molar refractivity (Wildman–Crippen MR) is 112 cm³/mol. The van der Waals surface area contributed by atoms with Crippen molar-refractivity contribution in [1.82, 2.24) is 9.88 Å². The van der Waals surface area contributed by atoms with Gasteiger partial charge in [0, 0.05) is 30.9 Å². The fourth-order valence-corrected chi connectivity index (χ4v) is 3.56. The first-order valence-corrected chi connectivity index (χ1v) is 9.95. The van der Waals surface area contributed by atoms with Crippen molar-refractivity contribution in [2.45, 2.75) is 45.6 Å². The molecule has 1 aliphatic heterocycles. The Bertz CT molecular complexity index is 895. The van der Waals surface area contributed by atoms with Crippen molar-refractivity contribution in [3.63, 3.8) is 0 Å². The molecule has 3 rings (SSSR count). The van der Waals surface area contributed by atoms with E-state index in [4.69, 9.17) is 0 Å². The molecule has 1 aromatic carbocycles. The summed E-state index contributed by atoms with van der Waals surface area (Å²) < 4.78 is 0. The Morgan fingerprint density at radius 1 is 1.00 bits per heavy atom. The van der Waals surface area contributed by atoms with Crippen LogP contribution < -0.4 is 10.6 Å². The summed E-state index contributed by atoms with van der Waals surface area (Å²) >= 11 is 0. The van der Waals surface area contributed by atoms with Crippen molar-refractivity contribution in [2.24, 2.45) is 0 Å². The molecule has 7 nitrogen and oxygen atoms in total. The van der Waals surface area contributed by atoms with Gasteiger partial charge in [-0.1, -0.05) is 13.0 Å². The first-order valence-electron chi connectivity index (χ1n) is 9.95. The minimum atomic E-state index is -0.391. The fourth-order valence-electron chi connectivity index (χ4n) is 3.56. The highest BCUT2D eigenvalue weighted by Crippen LogP contribution is 2.21. The summed E-state index contributed by atoms with van der Waals surface area (Å²) in [5, 5.41) is 5.44. The third kappa shape index (κ3) is 5.19. The summed E-state index contributed by atoms with van der Waals surface area (Å²) in [6.45, 7) is 4.25. The van der Waals surface area contributed by atoms with Crippen LogP contribution in [0, 0.1) is 0 Å². The van der Waals surface area contributed by atoms with Gasteiger partial charge in [0.1, 0.15) is 11.4 Å². The van der Waals surface area contributed by atoms with Crippen molar-refractivity contribution in [1.29, 1.82) is 0 Å². The van der Waals surface area contributed by atoms with E-state index in [0.29, 0.717) is 17.1 Å². The van der Waals surface area contributed by atoms with E-state index in [-0.39, 0.29) is 23.6 Å². The Kier molecular flexibility index (Phi) is 6.59. The maximum absolute atomic E-state index is 12.9. The van der Waals surface area contributed by atoms with Gasteiger partial charge in [-0.3, -0.25) is 14.4 Å². The highest BCUT2D eigenvalue weighted by atomic mass is 16.2. The molecule has 0 spiro atoms. The van der Waals surface area contributed by atoms with Crippen LogP contribution in [0.3, 0.4) is 0 Å². The first-order chi connectivity index (χ1) is 14.0. The van der Waals surface area contributed by atoms with Crippen LogP contribution in [0.1, 0.15) is 60.5 Å². The first kappa shape index (κ1) is 20.5. The number of nitrogens with one attached hydrogen (secondary N) is 2. The topological polar surface area (TPSA) is 91.4 Å². The van der Waals surface area contributed by atoms with Crippen molar-refractivity contribution in [3.05, 3.63) is 53.9 Å². The van der Waals surface area contributed by atoms with E-state index in [0.717, 1.165) is 32.2 Å². The Hall–Kier alpha value is -3.22. The molecule has 1 aromatic heterocycles. The maximum Gasteiger partial charge on any atom is 0.274 e. The summed E-state index contributed by atoms with van der Waals surface area (Å²) in [6, 6.07) is 11.9. The minimum absolute atomic E-state index is 0.120. The van der Waals surface area contributed by atoms with Gasteiger partial charge in [0.2, 0.25) is 5.91 Å². The Morgan fingerprint density at radius 2 is 1.66 bits per heavy atom. The molecule has 1 aliphatic rings. The van der Waals surface area contributed by atoms with Crippen LogP contribution in [0.2, 0.25) is 0 Å². The van der Waals surface area contributed by atoms with Gasteiger partial charge in [-0.2, -0.15) is 0 Å². The smallest absolute Gasteiger partial charge is 0.274 e. The lowest BCUT2D eigenvalue weighted by molar-refractivity contribution is -0.114. The summed E-state index contributed by atoms with van der Waals surface area (Å²) in [4.78, 5) is 42.8. The predicted octanol–water partition coefficient (Wildman–Crippen LogP) is 3.70. The number of piperidine rings is 1. The van der Waals surface area contributed by atoms with Gasteiger partial charge in [-0.05, 0) is 62.1 Å². The molecule has 2 N–H and O–H groups in total. The van der Waals surface area contributed by atoms with Crippen molar-refractivity contribution in [2.75, 3.05) is 17.2 Å². The van der Waals surface area contributed by atoms with Crippen molar-refractivity contribution in [3.8, 4) is 0 Å². The molecule has 0 saturated carbocycles. The number of rotatable bonds is 5. The number of aromatic nitrogens is 1. The summed E-state index contributed by atoms with van der Waals surface area (Å²) in [7, 11) is 0. The van der Waals surface area contributed by atoms with Crippen LogP contribution in [-0.4, -0.2) is 40.2 Å². The van der Waals surface area contributed by atoms with Crippen LogP contribution in [0.5, 0.6) is 0 Å². The number of pyridine rings is 1. The molecule has 0 radical (unpaired) electrons. The lowest BCUT2D eigenvalue weighted by atomic mass is 9.99. The van der Waals surface area contributed by atoms with Gasteiger partial charge >= 0.3 is 0 Å². The van der Waals surface area contributed by atoms with Gasteiger partial charge in [0.25, 0.3) is 11.8 Å². The molecule has 29 heavy (non-hydrogen) atoms. The second kappa shape index (κ2) is 9.32. The normalized spacial score (nSPS) is 16.2. The number of hydrogen-bond acceptors (Lipinski definition) is 4. The van der Waals surface area contributed by atoms with E-state index in [2.05, 4.69) is 22.5 Å². The number of nitrogens with zero attached hydrogens (tertiary/aromatic N) is 2. The zero-order chi connectivity index (χ0) is 20.8. The molecule has 0 aliphatic carbocycles. The molecule has 1 fully saturated rings. The van der Waals surface area contributed by atoms with E-state index >= 15 is 0 Å². The lowest BCUT2D eigenvalue weighted by Gasteiger charge is -2.35. The second-order valence-corrected chi connectivity index (χ2v) is 7.18. The number of hydrogen-bond donors (Lipinski definition) is 2. The van der Waals surface area contributed by atoms with Gasteiger partial charge in [-0.15, -0.1) is 0 Å². The number of carbonyl (C=O) groups excluding carboxylic acids is 3. The van der Waals surface area contributed by atoms with Crippen LogP contribution in [0.25, 0.3) is 0 Å². The highest BCUT2D eigenvalue weighted by molar-refractivity contribution is 6.04. The van der Waals surface area contributed by atoms with Crippen LogP contribution in [-0.2, 0) is 4.79 Å². The molecule has 3 amide bonds. The quantitative estimate of drug-likeness (QED) is 0.809. The molecule has 2 heterocycles. The maximum atomic E-state index is 12.9. The number of carbonyl (C=O) groups is 3. The summed E-state index contributed by atoms with van der Waals surface area (Å²) in [5.41, 5.74) is 1.70. The standard InChI is InChI=1S/C22H26N4O3/c1-3-18-7-4-5-14-26(18)22(29)20-9-6-8-19(25-20)21(28)24-17-12-10-16(11-13-17)23-15(2)27/h6,8-13,18H,3-5,7,14H2,1-2H3,(H,23,27)(H,24,28). The second-order valence-electron chi connectivity index (χ2n) is 7.18. The Morgan fingerprint density at radius 3 is 2.31 bits per heavy atom. The molecule has 1 saturated heterocycles.